The van der Waals surface area contributed by atoms with Gasteiger partial charge in [0.2, 0.25) is 0 Å². The zero-order chi connectivity index (χ0) is 14.6. The molecule has 1 heterocycles. The van der Waals surface area contributed by atoms with Gasteiger partial charge in [0.25, 0.3) is 0 Å². The fraction of sp³-hybridized carbons (Fsp3) is 0.667. The van der Waals surface area contributed by atoms with E-state index in [2.05, 4.69) is 33.1 Å². The largest absolute Gasteiger partial charge is 0.458 e. The minimum absolute atomic E-state index is 0.0384. The van der Waals surface area contributed by atoms with Gasteiger partial charge < -0.3 is 4.74 Å². The molecule has 0 bridgehead atoms. The highest BCUT2D eigenvalue weighted by Gasteiger charge is 2.41. The molecule has 0 aromatic rings. The SMILES string of the molecule is C=C[C@@H]1/C(=C(\Cl)[Si](C)(C)C)C(=O)O[C@@H]1CCCCC. The average Bonchev–Trinajstić information content (AvgIpc) is 2.63. The molecule has 0 N–H and O–H groups in total. The summed E-state index contributed by atoms with van der Waals surface area (Å²) in [5.41, 5.74) is 0.664. The van der Waals surface area contributed by atoms with Gasteiger partial charge in [0.1, 0.15) is 6.10 Å². The van der Waals surface area contributed by atoms with Crippen LogP contribution in [0.2, 0.25) is 19.6 Å². The third-order valence-corrected chi connectivity index (χ3v) is 6.94. The van der Waals surface area contributed by atoms with Gasteiger partial charge >= 0.3 is 5.97 Å². The van der Waals surface area contributed by atoms with E-state index in [0.717, 1.165) is 23.9 Å². The molecule has 0 spiro atoms. The molecule has 0 amide bonds. The van der Waals surface area contributed by atoms with Crippen molar-refractivity contribution in [1.29, 1.82) is 0 Å². The smallest absolute Gasteiger partial charge is 0.335 e. The first-order valence-electron chi connectivity index (χ1n) is 7.06. The molecule has 108 valence electrons. The highest BCUT2D eigenvalue weighted by Crippen LogP contribution is 2.37. The molecule has 0 radical (unpaired) electrons. The van der Waals surface area contributed by atoms with E-state index in [-0.39, 0.29) is 18.0 Å². The van der Waals surface area contributed by atoms with Gasteiger partial charge in [-0.2, -0.15) is 0 Å². The maximum Gasteiger partial charge on any atom is 0.335 e. The monoisotopic (exact) mass is 300 g/mol. The summed E-state index contributed by atoms with van der Waals surface area (Å²) in [5.74, 6) is -0.276. The first-order chi connectivity index (χ1) is 8.82. The van der Waals surface area contributed by atoms with Crippen LogP contribution in [-0.2, 0) is 9.53 Å². The van der Waals surface area contributed by atoms with Crippen molar-refractivity contribution in [2.75, 3.05) is 0 Å². The van der Waals surface area contributed by atoms with Crippen LogP contribution >= 0.6 is 11.6 Å². The predicted octanol–water partition coefficient (Wildman–Crippen LogP) is 4.66. The van der Waals surface area contributed by atoms with E-state index in [4.69, 9.17) is 16.3 Å². The van der Waals surface area contributed by atoms with E-state index in [1.165, 1.54) is 6.42 Å². The highest BCUT2D eigenvalue weighted by molar-refractivity contribution is 6.91. The summed E-state index contributed by atoms with van der Waals surface area (Å²) in [6.07, 6.45) is 6.05. The summed E-state index contributed by atoms with van der Waals surface area (Å²) in [5, 5.41) is 0. The zero-order valence-electron chi connectivity index (χ0n) is 12.5. The van der Waals surface area contributed by atoms with Crippen LogP contribution in [0.4, 0.5) is 0 Å². The molecule has 19 heavy (non-hydrogen) atoms. The molecule has 4 heteroatoms. The minimum Gasteiger partial charge on any atom is -0.458 e. The summed E-state index contributed by atoms with van der Waals surface area (Å²) in [6.45, 7) is 12.4. The zero-order valence-corrected chi connectivity index (χ0v) is 14.2. The number of ether oxygens (including phenoxy) is 1. The number of cyclic esters (lactones) is 1. The Balaban J connectivity index is 2.95. The molecule has 1 rings (SSSR count). The number of carbonyl (C=O) groups is 1. The maximum absolute atomic E-state index is 12.1. The van der Waals surface area contributed by atoms with Crippen LogP contribution < -0.4 is 0 Å². The van der Waals surface area contributed by atoms with Crippen molar-refractivity contribution in [2.45, 2.75) is 58.4 Å². The van der Waals surface area contributed by atoms with Gasteiger partial charge in [-0.3, -0.25) is 0 Å². The second-order valence-corrected chi connectivity index (χ2v) is 11.9. The first kappa shape index (κ1) is 16.5. The van der Waals surface area contributed by atoms with Gasteiger partial charge in [0.15, 0.2) is 0 Å². The quantitative estimate of drug-likeness (QED) is 0.234. The molecule has 2 atom stereocenters. The van der Waals surface area contributed by atoms with Crippen LogP contribution in [-0.4, -0.2) is 20.1 Å². The Bertz CT molecular complexity index is 382. The Morgan fingerprint density at radius 1 is 1.42 bits per heavy atom. The lowest BCUT2D eigenvalue weighted by molar-refractivity contribution is -0.139. The number of esters is 1. The van der Waals surface area contributed by atoms with Crippen LogP contribution in [0.5, 0.6) is 0 Å². The Labute approximate surface area is 122 Å². The van der Waals surface area contributed by atoms with Crippen LogP contribution in [0.3, 0.4) is 0 Å². The molecule has 2 nitrogen and oxygen atoms in total. The molecule has 0 aromatic carbocycles. The van der Waals surface area contributed by atoms with Gasteiger partial charge in [-0.15, -0.1) is 6.58 Å². The van der Waals surface area contributed by atoms with Gasteiger partial charge in [-0.25, -0.2) is 4.79 Å². The van der Waals surface area contributed by atoms with Crippen molar-refractivity contribution in [3.8, 4) is 0 Å². The molecular weight excluding hydrogens is 276 g/mol. The molecule has 0 unspecified atom stereocenters. The van der Waals surface area contributed by atoms with Crippen molar-refractivity contribution in [1.82, 2.24) is 0 Å². The second-order valence-electron chi connectivity index (χ2n) is 6.18. The standard InChI is InChI=1S/C15H25ClO2Si/c1-6-8-9-10-12-11(7-2)13(15(17)18-12)14(16)19(3,4)5/h7,11-12H,2,6,8-10H2,1,3-5H3/b14-13-/t11-,12+/m0/s1. The summed E-state index contributed by atoms with van der Waals surface area (Å²) in [6, 6.07) is 0. The van der Waals surface area contributed by atoms with Gasteiger partial charge in [0, 0.05) is 10.6 Å². The number of carbonyl (C=O) groups excluding carboxylic acids is 1. The maximum atomic E-state index is 12.1. The molecular formula is C15H25ClO2Si. The lowest BCUT2D eigenvalue weighted by atomic mass is 9.94. The second kappa shape index (κ2) is 6.75. The van der Waals surface area contributed by atoms with Crippen molar-refractivity contribution in [2.24, 2.45) is 5.92 Å². The summed E-state index contributed by atoms with van der Waals surface area (Å²) >= 11 is 6.45. The van der Waals surface area contributed by atoms with E-state index in [9.17, 15) is 4.79 Å². The van der Waals surface area contributed by atoms with Crippen LogP contribution in [0.25, 0.3) is 0 Å². The fourth-order valence-corrected chi connectivity index (χ4v) is 3.62. The fourth-order valence-electron chi connectivity index (χ4n) is 2.34. The normalized spacial score (nSPS) is 26.3. The molecule has 0 aliphatic carbocycles. The number of rotatable bonds is 6. The van der Waals surface area contributed by atoms with E-state index in [0.29, 0.717) is 5.57 Å². The van der Waals surface area contributed by atoms with Crippen LogP contribution in [0.15, 0.2) is 22.9 Å². The lowest BCUT2D eigenvalue weighted by Crippen LogP contribution is -2.25. The van der Waals surface area contributed by atoms with E-state index in [1.54, 1.807) is 0 Å². The Kier molecular flexibility index (Phi) is 5.87. The topological polar surface area (TPSA) is 26.3 Å². The van der Waals surface area contributed by atoms with Crippen molar-refractivity contribution >= 4 is 25.6 Å². The third kappa shape index (κ3) is 3.96. The Morgan fingerprint density at radius 2 is 2.05 bits per heavy atom. The third-order valence-electron chi connectivity index (χ3n) is 3.45. The summed E-state index contributed by atoms with van der Waals surface area (Å²) in [7, 11) is -1.70. The summed E-state index contributed by atoms with van der Waals surface area (Å²) < 4.78 is 6.25. The molecule has 0 saturated carbocycles. The number of unbranched alkanes of at least 4 members (excludes halogenated alkanes) is 2. The van der Waals surface area contributed by atoms with Gasteiger partial charge in [0.05, 0.1) is 13.6 Å². The van der Waals surface area contributed by atoms with Crippen molar-refractivity contribution in [3.63, 3.8) is 0 Å². The van der Waals surface area contributed by atoms with Crippen molar-refractivity contribution < 1.29 is 9.53 Å². The average molecular weight is 301 g/mol. The van der Waals surface area contributed by atoms with E-state index >= 15 is 0 Å². The Morgan fingerprint density at radius 3 is 2.53 bits per heavy atom. The first-order valence-corrected chi connectivity index (χ1v) is 10.9. The number of hydrogen-bond acceptors (Lipinski definition) is 2. The highest BCUT2D eigenvalue weighted by atomic mass is 35.5. The lowest BCUT2D eigenvalue weighted by Gasteiger charge is -2.19. The summed E-state index contributed by atoms with van der Waals surface area (Å²) in [4.78, 5) is 12.1. The van der Waals surface area contributed by atoms with E-state index in [1.807, 2.05) is 6.08 Å². The Hall–Kier alpha value is -0.543. The van der Waals surface area contributed by atoms with Crippen molar-refractivity contribution in [3.05, 3.63) is 22.9 Å². The molecule has 1 aliphatic rings. The molecule has 1 saturated heterocycles. The van der Waals surface area contributed by atoms with Crippen LogP contribution in [0.1, 0.15) is 32.6 Å². The van der Waals surface area contributed by atoms with E-state index < -0.39 is 8.07 Å². The number of halogens is 1. The van der Waals surface area contributed by atoms with Gasteiger partial charge in [-0.05, 0) is 12.8 Å². The minimum atomic E-state index is -1.70. The molecule has 1 fully saturated rings. The van der Waals surface area contributed by atoms with Crippen LogP contribution in [0, 0.1) is 5.92 Å². The van der Waals surface area contributed by atoms with Gasteiger partial charge in [-0.1, -0.05) is 57.1 Å². The predicted molar refractivity (Wildman–Crippen MR) is 83.9 cm³/mol. The molecule has 1 aliphatic heterocycles. The molecule has 0 aromatic heterocycles. The number of hydrogen-bond donors (Lipinski definition) is 0.